The molecule has 1 aromatic heterocycles. The predicted octanol–water partition coefficient (Wildman–Crippen LogP) is 0.593. The number of methoxy groups -OCH3 is 1. The van der Waals surface area contributed by atoms with Crippen molar-refractivity contribution in [1.29, 1.82) is 0 Å². The van der Waals surface area contributed by atoms with Gasteiger partial charge in [0.1, 0.15) is 0 Å². The average Bonchev–Trinajstić information content (AvgIpc) is 2.48. The van der Waals surface area contributed by atoms with Crippen molar-refractivity contribution in [2.45, 2.75) is 13.1 Å². The third kappa shape index (κ3) is 2.37. The van der Waals surface area contributed by atoms with Crippen LogP contribution in [0.4, 0.5) is 0 Å². The van der Waals surface area contributed by atoms with Gasteiger partial charge in [0.05, 0.1) is 6.61 Å². The second kappa shape index (κ2) is 4.16. The predicted molar refractivity (Wildman–Crippen MR) is 44.2 cm³/mol. The van der Waals surface area contributed by atoms with Crippen LogP contribution in [0.1, 0.15) is 5.56 Å². The standard InChI is InChI=1S/C8H14N2O/c1-11-5-4-10-3-2-8(6-9)7-10/h2-3,7H,4-6,9H2,1H3. The molecule has 0 aliphatic rings. The van der Waals surface area contributed by atoms with E-state index >= 15 is 0 Å². The van der Waals surface area contributed by atoms with Gasteiger partial charge in [-0.05, 0) is 11.6 Å². The van der Waals surface area contributed by atoms with Crippen molar-refractivity contribution in [2.75, 3.05) is 13.7 Å². The molecule has 0 aliphatic carbocycles. The third-order valence-electron chi connectivity index (χ3n) is 1.60. The Morgan fingerprint density at radius 2 is 2.45 bits per heavy atom. The van der Waals surface area contributed by atoms with Gasteiger partial charge in [0.2, 0.25) is 0 Å². The van der Waals surface area contributed by atoms with Gasteiger partial charge >= 0.3 is 0 Å². The lowest BCUT2D eigenvalue weighted by atomic mass is 10.4. The van der Waals surface area contributed by atoms with Gasteiger partial charge < -0.3 is 15.0 Å². The van der Waals surface area contributed by atoms with Crippen molar-refractivity contribution in [3.63, 3.8) is 0 Å². The van der Waals surface area contributed by atoms with Crippen LogP contribution in [0, 0.1) is 0 Å². The number of nitrogens with two attached hydrogens (primary N) is 1. The summed E-state index contributed by atoms with van der Waals surface area (Å²) in [6.45, 7) is 2.26. The maximum atomic E-state index is 5.45. The summed E-state index contributed by atoms with van der Waals surface area (Å²) in [5, 5.41) is 0. The summed E-state index contributed by atoms with van der Waals surface area (Å²) in [5.74, 6) is 0. The summed E-state index contributed by atoms with van der Waals surface area (Å²) < 4.78 is 7.01. The van der Waals surface area contributed by atoms with E-state index in [1.54, 1.807) is 7.11 Å². The highest BCUT2D eigenvalue weighted by molar-refractivity contribution is 5.09. The zero-order valence-corrected chi connectivity index (χ0v) is 6.79. The Hall–Kier alpha value is -0.800. The van der Waals surface area contributed by atoms with Gasteiger partial charge in [0.15, 0.2) is 0 Å². The minimum absolute atomic E-state index is 0.611. The molecule has 1 aromatic rings. The van der Waals surface area contributed by atoms with Crippen LogP contribution in [-0.2, 0) is 17.8 Å². The second-order valence-corrected chi connectivity index (χ2v) is 2.45. The number of aromatic nitrogens is 1. The molecule has 11 heavy (non-hydrogen) atoms. The number of hydrogen-bond donors (Lipinski definition) is 1. The summed E-state index contributed by atoms with van der Waals surface area (Å²) in [4.78, 5) is 0. The first kappa shape index (κ1) is 8.30. The first-order valence-electron chi connectivity index (χ1n) is 3.70. The van der Waals surface area contributed by atoms with Crippen molar-refractivity contribution < 1.29 is 4.74 Å². The Bertz CT molecular complexity index is 208. The highest BCUT2D eigenvalue weighted by Crippen LogP contribution is 1.99. The molecular formula is C8H14N2O. The van der Waals surface area contributed by atoms with Crippen molar-refractivity contribution in [3.8, 4) is 0 Å². The Labute approximate surface area is 66.8 Å². The molecule has 0 saturated carbocycles. The first-order valence-corrected chi connectivity index (χ1v) is 3.70. The summed E-state index contributed by atoms with van der Waals surface area (Å²) in [5.41, 5.74) is 6.61. The molecule has 1 heterocycles. The van der Waals surface area contributed by atoms with Crippen LogP contribution < -0.4 is 5.73 Å². The summed E-state index contributed by atoms with van der Waals surface area (Å²) in [6.07, 6.45) is 4.06. The van der Waals surface area contributed by atoms with Crippen molar-refractivity contribution >= 4 is 0 Å². The molecule has 0 unspecified atom stereocenters. The van der Waals surface area contributed by atoms with Gasteiger partial charge in [-0.1, -0.05) is 0 Å². The van der Waals surface area contributed by atoms with Crippen molar-refractivity contribution in [2.24, 2.45) is 5.73 Å². The highest BCUT2D eigenvalue weighted by atomic mass is 16.5. The van der Waals surface area contributed by atoms with Crippen LogP contribution in [0.3, 0.4) is 0 Å². The van der Waals surface area contributed by atoms with E-state index in [0.717, 1.165) is 13.2 Å². The molecule has 0 atom stereocenters. The van der Waals surface area contributed by atoms with Gasteiger partial charge in [0, 0.05) is 32.6 Å². The molecule has 3 nitrogen and oxygen atoms in total. The number of hydrogen-bond acceptors (Lipinski definition) is 2. The van der Waals surface area contributed by atoms with E-state index in [4.69, 9.17) is 10.5 Å². The van der Waals surface area contributed by atoms with E-state index in [9.17, 15) is 0 Å². The van der Waals surface area contributed by atoms with Crippen LogP contribution >= 0.6 is 0 Å². The molecule has 0 aliphatic heterocycles. The molecular weight excluding hydrogens is 140 g/mol. The molecule has 0 saturated heterocycles. The Kier molecular flexibility index (Phi) is 3.14. The third-order valence-corrected chi connectivity index (χ3v) is 1.60. The molecule has 2 N–H and O–H groups in total. The zero-order valence-electron chi connectivity index (χ0n) is 6.79. The Morgan fingerprint density at radius 3 is 3.00 bits per heavy atom. The molecule has 0 aromatic carbocycles. The quantitative estimate of drug-likeness (QED) is 0.689. The number of rotatable bonds is 4. The fourth-order valence-corrected chi connectivity index (χ4v) is 0.947. The van der Waals surface area contributed by atoms with Crippen LogP contribution in [0.2, 0.25) is 0 Å². The van der Waals surface area contributed by atoms with E-state index in [0.29, 0.717) is 6.54 Å². The lowest BCUT2D eigenvalue weighted by Gasteiger charge is -1.99. The van der Waals surface area contributed by atoms with Crippen LogP contribution in [0.15, 0.2) is 18.5 Å². The average molecular weight is 154 g/mol. The SMILES string of the molecule is COCCn1ccc(CN)c1. The van der Waals surface area contributed by atoms with E-state index < -0.39 is 0 Å². The van der Waals surface area contributed by atoms with E-state index in [-0.39, 0.29) is 0 Å². The number of ether oxygens (including phenoxy) is 1. The van der Waals surface area contributed by atoms with Crippen LogP contribution in [-0.4, -0.2) is 18.3 Å². The summed E-state index contributed by atoms with van der Waals surface area (Å²) >= 11 is 0. The highest BCUT2D eigenvalue weighted by Gasteiger charge is 1.92. The minimum atomic E-state index is 0.611. The fourth-order valence-electron chi connectivity index (χ4n) is 0.947. The van der Waals surface area contributed by atoms with E-state index in [1.807, 2.05) is 18.5 Å². The fraction of sp³-hybridized carbons (Fsp3) is 0.500. The van der Waals surface area contributed by atoms with Gasteiger partial charge in [-0.15, -0.1) is 0 Å². The zero-order chi connectivity index (χ0) is 8.10. The summed E-state index contributed by atoms with van der Waals surface area (Å²) in [7, 11) is 1.70. The molecule has 0 fully saturated rings. The molecule has 62 valence electrons. The smallest absolute Gasteiger partial charge is 0.0641 e. The van der Waals surface area contributed by atoms with Gasteiger partial charge in [0.25, 0.3) is 0 Å². The molecule has 0 bridgehead atoms. The van der Waals surface area contributed by atoms with Crippen molar-refractivity contribution in [3.05, 3.63) is 24.0 Å². The Balaban J connectivity index is 2.44. The molecule has 0 amide bonds. The van der Waals surface area contributed by atoms with Crippen molar-refractivity contribution in [1.82, 2.24) is 4.57 Å². The molecule has 0 spiro atoms. The Morgan fingerprint density at radius 1 is 1.64 bits per heavy atom. The van der Waals surface area contributed by atoms with Gasteiger partial charge in [-0.2, -0.15) is 0 Å². The second-order valence-electron chi connectivity index (χ2n) is 2.45. The van der Waals surface area contributed by atoms with E-state index in [2.05, 4.69) is 4.57 Å². The topological polar surface area (TPSA) is 40.2 Å². The maximum Gasteiger partial charge on any atom is 0.0641 e. The first-order chi connectivity index (χ1) is 5.36. The lowest BCUT2D eigenvalue weighted by Crippen LogP contribution is -2.01. The van der Waals surface area contributed by atoms with E-state index in [1.165, 1.54) is 5.56 Å². The largest absolute Gasteiger partial charge is 0.383 e. The lowest BCUT2D eigenvalue weighted by molar-refractivity contribution is 0.187. The monoisotopic (exact) mass is 154 g/mol. The number of nitrogens with zero attached hydrogens (tertiary/aromatic N) is 1. The van der Waals surface area contributed by atoms with Gasteiger partial charge in [-0.3, -0.25) is 0 Å². The minimum Gasteiger partial charge on any atom is -0.383 e. The maximum absolute atomic E-state index is 5.45. The molecule has 1 rings (SSSR count). The van der Waals surface area contributed by atoms with Gasteiger partial charge in [-0.25, -0.2) is 0 Å². The van der Waals surface area contributed by atoms with Crippen LogP contribution in [0.25, 0.3) is 0 Å². The summed E-state index contributed by atoms with van der Waals surface area (Å²) in [6, 6.07) is 2.02. The van der Waals surface area contributed by atoms with Crippen LogP contribution in [0.5, 0.6) is 0 Å². The molecule has 3 heteroatoms. The molecule has 0 radical (unpaired) electrons. The normalized spacial score (nSPS) is 10.4.